The van der Waals surface area contributed by atoms with E-state index in [0.717, 1.165) is 12.1 Å². The van der Waals surface area contributed by atoms with E-state index in [2.05, 4.69) is 36.7 Å². The largest absolute Gasteiger partial charge is 0.369 e. The lowest BCUT2D eigenvalue weighted by molar-refractivity contribution is 0.0378. The van der Waals surface area contributed by atoms with Crippen molar-refractivity contribution in [3.05, 3.63) is 58.1 Å². The van der Waals surface area contributed by atoms with Gasteiger partial charge in [0.2, 0.25) is 0 Å². The van der Waals surface area contributed by atoms with E-state index in [1.165, 1.54) is 18.3 Å². The Bertz CT molecular complexity index is 943. The number of anilines is 1. The number of nitrogens with two attached hydrogens (primary N) is 2. The van der Waals surface area contributed by atoms with Crippen molar-refractivity contribution in [2.24, 2.45) is 16.5 Å². The molecule has 1 amide bonds. The van der Waals surface area contributed by atoms with Crippen molar-refractivity contribution in [3.8, 4) is 0 Å². The predicted octanol–water partition coefficient (Wildman–Crippen LogP) is 2.22. The number of nitrogens with one attached hydrogen (secondary N) is 2. The number of halogens is 4. The Kier molecular flexibility index (Phi) is 6.05. The minimum atomic E-state index is -3.16. The van der Waals surface area contributed by atoms with Crippen LogP contribution in [0.3, 0.4) is 0 Å². The predicted molar refractivity (Wildman–Crippen MR) is 102 cm³/mol. The molecule has 0 fully saturated rings. The molecular formula is C17H16BrF3N6O2. The van der Waals surface area contributed by atoms with Gasteiger partial charge in [-0.2, -0.15) is 0 Å². The van der Waals surface area contributed by atoms with Crippen molar-refractivity contribution in [2.45, 2.75) is 24.6 Å². The number of hydrogen-bond donors (Lipinski definition) is 4. The molecule has 12 heteroatoms. The van der Waals surface area contributed by atoms with Crippen LogP contribution in [0.25, 0.3) is 0 Å². The summed E-state index contributed by atoms with van der Waals surface area (Å²) in [7, 11) is 0. The molecule has 2 aromatic rings. The summed E-state index contributed by atoms with van der Waals surface area (Å²) in [6.45, 7) is 0. The van der Waals surface area contributed by atoms with E-state index in [1.54, 1.807) is 6.07 Å². The molecule has 1 aromatic heterocycles. The highest BCUT2D eigenvalue weighted by atomic mass is 79.9. The maximum atomic E-state index is 14.6. The summed E-state index contributed by atoms with van der Waals surface area (Å²) >= 11 is 3.20. The molecule has 3 rings (SSSR count). The molecular weight excluding hydrogens is 457 g/mol. The molecule has 1 aliphatic heterocycles. The van der Waals surface area contributed by atoms with E-state index in [1.807, 2.05) is 0 Å². The SMILES string of the molecule is NC1=NC(c2cc(NC(=O)c3ccc(Br)cn3)ccc2F)(C(F)F)C[C@H](N)NO1. The van der Waals surface area contributed by atoms with Gasteiger partial charge >= 0.3 is 6.02 Å². The maximum absolute atomic E-state index is 14.6. The van der Waals surface area contributed by atoms with Gasteiger partial charge in [-0.05, 0) is 46.3 Å². The monoisotopic (exact) mass is 472 g/mol. The number of carbonyl (C=O) groups excluding carboxylic acids is 1. The first-order valence-electron chi connectivity index (χ1n) is 8.25. The van der Waals surface area contributed by atoms with Gasteiger partial charge < -0.3 is 21.6 Å². The second kappa shape index (κ2) is 8.35. The average Bonchev–Trinajstić information content (AvgIpc) is 2.83. The highest BCUT2D eigenvalue weighted by molar-refractivity contribution is 9.10. The number of benzene rings is 1. The van der Waals surface area contributed by atoms with Crippen LogP contribution in [0.1, 0.15) is 22.5 Å². The Morgan fingerprint density at radius 1 is 1.38 bits per heavy atom. The first-order chi connectivity index (χ1) is 13.7. The Morgan fingerprint density at radius 2 is 2.14 bits per heavy atom. The standard InChI is InChI=1S/C17H16BrF3N6O2/c18-8-1-4-12(24-7-8)14(28)25-9-2-3-11(19)10(5-9)17(15(20)21)6-13(22)27-29-16(23)26-17/h1-5,7,13,15,27H,6,22H2,(H2,23,26)(H,25,28)/t13-,17?/m1/s1. The lowest BCUT2D eigenvalue weighted by Gasteiger charge is -2.30. The van der Waals surface area contributed by atoms with Crippen molar-refractivity contribution in [1.29, 1.82) is 0 Å². The molecule has 0 spiro atoms. The van der Waals surface area contributed by atoms with Gasteiger partial charge in [-0.25, -0.2) is 23.1 Å². The fourth-order valence-corrected chi connectivity index (χ4v) is 3.08. The summed E-state index contributed by atoms with van der Waals surface area (Å²) in [5, 5.41) is 2.49. The van der Waals surface area contributed by atoms with Crippen LogP contribution in [-0.4, -0.2) is 29.5 Å². The number of carbonyl (C=O) groups is 1. The summed E-state index contributed by atoms with van der Waals surface area (Å²) in [5.74, 6) is -1.57. The van der Waals surface area contributed by atoms with Gasteiger partial charge in [-0.1, -0.05) is 0 Å². The average molecular weight is 473 g/mol. The zero-order chi connectivity index (χ0) is 21.2. The molecule has 29 heavy (non-hydrogen) atoms. The van der Waals surface area contributed by atoms with Gasteiger partial charge in [0.15, 0.2) is 5.54 Å². The normalized spacial score (nSPS) is 21.9. The van der Waals surface area contributed by atoms with Crippen LogP contribution >= 0.6 is 15.9 Å². The molecule has 8 nitrogen and oxygen atoms in total. The number of nitrogens with zero attached hydrogens (tertiary/aromatic N) is 2. The quantitative estimate of drug-likeness (QED) is 0.540. The lowest BCUT2D eigenvalue weighted by atomic mass is 9.85. The van der Waals surface area contributed by atoms with Crippen molar-refractivity contribution >= 4 is 33.5 Å². The van der Waals surface area contributed by atoms with E-state index in [4.69, 9.17) is 16.3 Å². The van der Waals surface area contributed by atoms with Crippen LogP contribution in [0.5, 0.6) is 0 Å². The molecule has 0 radical (unpaired) electrons. The summed E-state index contributed by atoms with van der Waals surface area (Å²) < 4.78 is 43.4. The fraction of sp³-hybridized carbons (Fsp3) is 0.235. The van der Waals surface area contributed by atoms with Crippen molar-refractivity contribution in [3.63, 3.8) is 0 Å². The highest BCUT2D eigenvalue weighted by Gasteiger charge is 2.47. The third kappa shape index (κ3) is 4.49. The summed E-state index contributed by atoms with van der Waals surface area (Å²) in [6.07, 6.45) is -3.34. The number of pyridine rings is 1. The van der Waals surface area contributed by atoms with Crippen LogP contribution in [0.15, 0.2) is 46.0 Å². The smallest absolute Gasteiger partial charge is 0.303 e. The van der Waals surface area contributed by atoms with Gasteiger partial charge in [-0.3, -0.25) is 4.79 Å². The van der Waals surface area contributed by atoms with Gasteiger partial charge in [0, 0.05) is 28.3 Å². The third-order valence-corrected chi connectivity index (χ3v) is 4.64. The number of alkyl halides is 2. The second-order valence-corrected chi connectivity index (χ2v) is 7.13. The number of hydroxylamine groups is 1. The third-order valence-electron chi connectivity index (χ3n) is 4.17. The van der Waals surface area contributed by atoms with Crippen LogP contribution < -0.4 is 22.3 Å². The molecule has 0 aliphatic carbocycles. The molecule has 0 saturated heterocycles. The van der Waals surface area contributed by atoms with E-state index in [9.17, 15) is 18.0 Å². The summed E-state index contributed by atoms with van der Waals surface area (Å²) in [5.41, 5.74) is 10.7. The number of aromatic nitrogens is 1. The molecule has 0 bridgehead atoms. The van der Waals surface area contributed by atoms with Crippen molar-refractivity contribution in [2.75, 3.05) is 5.32 Å². The lowest BCUT2D eigenvalue weighted by Crippen LogP contribution is -2.44. The van der Waals surface area contributed by atoms with Crippen LogP contribution in [-0.2, 0) is 10.4 Å². The maximum Gasteiger partial charge on any atom is 0.303 e. The van der Waals surface area contributed by atoms with Crippen LogP contribution in [0, 0.1) is 5.82 Å². The van der Waals surface area contributed by atoms with Crippen molar-refractivity contribution < 1.29 is 22.8 Å². The molecule has 6 N–H and O–H groups in total. The number of hydrogen-bond acceptors (Lipinski definition) is 7. The summed E-state index contributed by atoms with van der Waals surface area (Å²) in [6, 6.07) is 5.69. The van der Waals surface area contributed by atoms with E-state index < -0.39 is 47.9 Å². The number of amides is 1. The van der Waals surface area contributed by atoms with Gasteiger partial charge in [0.05, 0.1) is 6.17 Å². The molecule has 1 aliphatic rings. The fourth-order valence-electron chi connectivity index (χ4n) is 2.84. The van der Waals surface area contributed by atoms with Gasteiger partial charge in [0.1, 0.15) is 11.5 Å². The van der Waals surface area contributed by atoms with E-state index >= 15 is 0 Å². The van der Waals surface area contributed by atoms with E-state index in [0.29, 0.717) is 4.47 Å². The summed E-state index contributed by atoms with van der Waals surface area (Å²) in [4.78, 5) is 24.7. The Hall–Kier alpha value is -2.70. The molecule has 1 aromatic carbocycles. The Labute approximate surface area is 171 Å². The number of aliphatic imine (C=N–C) groups is 1. The number of amidine groups is 1. The van der Waals surface area contributed by atoms with Gasteiger partial charge in [0.25, 0.3) is 12.3 Å². The van der Waals surface area contributed by atoms with Crippen molar-refractivity contribution in [1.82, 2.24) is 10.5 Å². The highest BCUT2D eigenvalue weighted by Crippen LogP contribution is 2.40. The zero-order valence-electron chi connectivity index (χ0n) is 14.7. The zero-order valence-corrected chi connectivity index (χ0v) is 16.3. The van der Waals surface area contributed by atoms with Crippen LogP contribution in [0.4, 0.5) is 18.9 Å². The Balaban J connectivity index is 1.99. The topological polar surface area (TPSA) is 128 Å². The Morgan fingerprint density at radius 3 is 2.79 bits per heavy atom. The van der Waals surface area contributed by atoms with Crippen LogP contribution in [0.2, 0.25) is 0 Å². The molecule has 154 valence electrons. The first kappa shape index (κ1) is 21.0. The minimum Gasteiger partial charge on any atom is -0.369 e. The molecule has 2 atom stereocenters. The number of rotatable bonds is 4. The minimum absolute atomic E-state index is 0.0663. The molecule has 2 heterocycles. The van der Waals surface area contributed by atoms with Gasteiger partial charge in [-0.15, -0.1) is 5.48 Å². The second-order valence-electron chi connectivity index (χ2n) is 6.22. The van der Waals surface area contributed by atoms with E-state index in [-0.39, 0.29) is 11.4 Å². The first-order valence-corrected chi connectivity index (χ1v) is 9.05. The molecule has 1 unspecified atom stereocenters. The molecule has 0 saturated carbocycles.